The van der Waals surface area contributed by atoms with Crippen LogP contribution in [0.4, 0.5) is 0 Å². The number of aliphatic hydroxyl groups is 4. The summed E-state index contributed by atoms with van der Waals surface area (Å²) in [6.45, 7) is 6.23. The van der Waals surface area contributed by atoms with Gasteiger partial charge >= 0.3 is 0 Å². The van der Waals surface area contributed by atoms with Crippen LogP contribution in [0.25, 0.3) is 0 Å². The van der Waals surface area contributed by atoms with Crippen LogP contribution >= 0.6 is 0 Å². The van der Waals surface area contributed by atoms with Crippen LogP contribution in [0.1, 0.15) is 40.0 Å². The molecule has 1 aliphatic heterocycles. The summed E-state index contributed by atoms with van der Waals surface area (Å²) in [7, 11) is 0. The fraction of sp³-hybridized carbons (Fsp3) is 0.875. The lowest BCUT2D eigenvalue weighted by Gasteiger charge is -2.39. The van der Waals surface area contributed by atoms with E-state index in [0.29, 0.717) is 12.5 Å². The van der Waals surface area contributed by atoms with Gasteiger partial charge in [-0.05, 0) is 39.0 Å². The van der Waals surface area contributed by atoms with E-state index in [9.17, 15) is 15.3 Å². The first-order chi connectivity index (χ1) is 10.4. The minimum atomic E-state index is -1.38. The van der Waals surface area contributed by atoms with Crippen molar-refractivity contribution >= 4 is 0 Å². The minimum absolute atomic E-state index is 0.388. The second-order valence-corrected chi connectivity index (χ2v) is 6.32. The SMILES string of the molecule is CC(C)=CCCC(C)CCOC1OC(CO)C(O)C(O)C1O. The normalized spacial score (nSPS) is 33.5. The average molecular weight is 318 g/mol. The maximum atomic E-state index is 9.84. The van der Waals surface area contributed by atoms with Crippen molar-refractivity contribution in [1.82, 2.24) is 0 Å². The van der Waals surface area contributed by atoms with Crippen LogP contribution in [0.2, 0.25) is 0 Å². The van der Waals surface area contributed by atoms with Crippen molar-refractivity contribution in [3.05, 3.63) is 11.6 Å². The molecule has 0 aromatic carbocycles. The summed E-state index contributed by atoms with van der Waals surface area (Å²) in [6, 6.07) is 0. The molecule has 0 radical (unpaired) electrons. The number of allylic oxidation sites excluding steroid dienone is 2. The van der Waals surface area contributed by atoms with Crippen LogP contribution in [0.15, 0.2) is 11.6 Å². The van der Waals surface area contributed by atoms with Crippen molar-refractivity contribution in [3.63, 3.8) is 0 Å². The highest BCUT2D eigenvalue weighted by Crippen LogP contribution is 2.22. The summed E-state index contributed by atoms with van der Waals surface area (Å²) in [4.78, 5) is 0. The zero-order valence-corrected chi connectivity index (χ0v) is 13.7. The van der Waals surface area contributed by atoms with Crippen LogP contribution in [-0.4, -0.2) is 64.3 Å². The number of rotatable bonds is 8. The van der Waals surface area contributed by atoms with Crippen LogP contribution in [0.3, 0.4) is 0 Å². The molecule has 6 unspecified atom stereocenters. The summed E-state index contributed by atoms with van der Waals surface area (Å²) >= 11 is 0. The van der Waals surface area contributed by atoms with Gasteiger partial charge in [0.15, 0.2) is 6.29 Å². The Hall–Kier alpha value is -0.500. The summed E-state index contributed by atoms with van der Waals surface area (Å²) in [6.07, 6.45) is -0.889. The van der Waals surface area contributed by atoms with Gasteiger partial charge in [0, 0.05) is 0 Å². The summed E-state index contributed by atoms with van der Waals surface area (Å²) < 4.78 is 10.8. The number of hydrogen-bond acceptors (Lipinski definition) is 6. The van der Waals surface area contributed by atoms with Crippen molar-refractivity contribution in [3.8, 4) is 0 Å². The number of hydrogen-bond donors (Lipinski definition) is 4. The summed E-state index contributed by atoms with van der Waals surface area (Å²) in [5, 5.41) is 38.3. The first-order valence-electron chi connectivity index (χ1n) is 7.92. The van der Waals surface area contributed by atoms with Crippen molar-refractivity contribution in [2.24, 2.45) is 5.92 Å². The van der Waals surface area contributed by atoms with Gasteiger partial charge in [0.25, 0.3) is 0 Å². The lowest BCUT2D eigenvalue weighted by atomic mass is 9.99. The molecule has 1 rings (SSSR count). The van der Waals surface area contributed by atoms with Gasteiger partial charge in [0.05, 0.1) is 13.2 Å². The third kappa shape index (κ3) is 5.95. The molecule has 4 N–H and O–H groups in total. The van der Waals surface area contributed by atoms with Gasteiger partial charge in [-0.1, -0.05) is 18.6 Å². The second kappa shape index (κ2) is 9.60. The third-order valence-electron chi connectivity index (χ3n) is 3.95. The Labute approximate surface area is 132 Å². The molecule has 1 fully saturated rings. The van der Waals surface area contributed by atoms with E-state index in [-0.39, 0.29) is 0 Å². The van der Waals surface area contributed by atoms with Gasteiger partial charge in [0.1, 0.15) is 24.4 Å². The Balaban J connectivity index is 2.32. The maximum Gasteiger partial charge on any atom is 0.186 e. The molecular weight excluding hydrogens is 288 g/mol. The molecule has 1 aliphatic rings. The van der Waals surface area contributed by atoms with E-state index in [1.54, 1.807) is 0 Å². The van der Waals surface area contributed by atoms with Gasteiger partial charge < -0.3 is 29.9 Å². The first-order valence-corrected chi connectivity index (χ1v) is 7.92. The summed E-state index contributed by atoms with van der Waals surface area (Å²) in [5.41, 5.74) is 1.31. The molecular formula is C16H30O6. The molecule has 1 heterocycles. The molecule has 1 saturated heterocycles. The first kappa shape index (κ1) is 19.5. The zero-order valence-electron chi connectivity index (χ0n) is 13.7. The molecule has 0 saturated carbocycles. The highest BCUT2D eigenvalue weighted by Gasteiger charge is 2.43. The van der Waals surface area contributed by atoms with Gasteiger partial charge in [-0.25, -0.2) is 0 Å². The van der Waals surface area contributed by atoms with Crippen molar-refractivity contribution in [2.75, 3.05) is 13.2 Å². The maximum absolute atomic E-state index is 9.84. The lowest BCUT2D eigenvalue weighted by molar-refractivity contribution is -0.301. The Morgan fingerprint density at radius 1 is 1.14 bits per heavy atom. The Morgan fingerprint density at radius 3 is 2.41 bits per heavy atom. The minimum Gasteiger partial charge on any atom is -0.394 e. The largest absolute Gasteiger partial charge is 0.394 e. The predicted molar refractivity (Wildman–Crippen MR) is 82.2 cm³/mol. The fourth-order valence-corrected chi connectivity index (χ4v) is 2.39. The van der Waals surface area contributed by atoms with Crippen molar-refractivity contribution in [2.45, 2.75) is 70.7 Å². The van der Waals surface area contributed by atoms with Gasteiger partial charge in [0.2, 0.25) is 0 Å². The predicted octanol–water partition coefficient (Wildman–Crippen LogP) is 0.575. The van der Waals surface area contributed by atoms with Gasteiger partial charge in [-0.2, -0.15) is 0 Å². The smallest absolute Gasteiger partial charge is 0.186 e. The molecule has 22 heavy (non-hydrogen) atoms. The van der Waals surface area contributed by atoms with E-state index in [4.69, 9.17) is 14.6 Å². The second-order valence-electron chi connectivity index (χ2n) is 6.32. The van der Waals surface area contributed by atoms with Crippen LogP contribution < -0.4 is 0 Å². The van der Waals surface area contributed by atoms with Crippen LogP contribution in [0.5, 0.6) is 0 Å². The Kier molecular flexibility index (Phi) is 8.53. The lowest BCUT2D eigenvalue weighted by Crippen LogP contribution is -2.59. The van der Waals surface area contributed by atoms with Crippen LogP contribution in [-0.2, 0) is 9.47 Å². The Bertz CT molecular complexity index is 340. The highest BCUT2D eigenvalue weighted by atomic mass is 16.7. The molecule has 6 nitrogen and oxygen atoms in total. The van der Waals surface area contributed by atoms with E-state index in [0.717, 1.165) is 19.3 Å². The molecule has 6 heteroatoms. The van der Waals surface area contributed by atoms with E-state index in [1.165, 1.54) is 5.57 Å². The monoisotopic (exact) mass is 318 g/mol. The van der Waals surface area contributed by atoms with E-state index in [2.05, 4.69) is 26.8 Å². The van der Waals surface area contributed by atoms with E-state index in [1.807, 2.05) is 0 Å². The molecule has 0 aliphatic carbocycles. The molecule has 0 spiro atoms. The average Bonchev–Trinajstić information content (AvgIpc) is 2.47. The molecule has 0 aromatic rings. The van der Waals surface area contributed by atoms with Crippen LogP contribution in [0, 0.1) is 5.92 Å². The van der Waals surface area contributed by atoms with Crippen molar-refractivity contribution < 1.29 is 29.9 Å². The number of ether oxygens (including phenoxy) is 2. The van der Waals surface area contributed by atoms with Gasteiger partial charge in [-0.15, -0.1) is 0 Å². The summed E-state index contributed by atoms with van der Waals surface area (Å²) in [5.74, 6) is 0.473. The quantitative estimate of drug-likeness (QED) is 0.489. The molecule has 6 atom stereocenters. The molecule has 130 valence electrons. The topological polar surface area (TPSA) is 99.4 Å². The van der Waals surface area contributed by atoms with Crippen molar-refractivity contribution in [1.29, 1.82) is 0 Å². The number of aliphatic hydroxyl groups excluding tert-OH is 4. The zero-order chi connectivity index (χ0) is 16.7. The van der Waals surface area contributed by atoms with E-state index >= 15 is 0 Å². The molecule has 0 aromatic heterocycles. The fourth-order valence-electron chi connectivity index (χ4n) is 2.39. The van der Waals surface area contributed by atoms with Gasteiger partial charge in [-0.3, -0.25) is 0 Å². The third-order valence-corrected chi connectivity index (χ3v) is 3.95. The highest BCUT2D eigenvalue weighted by molar-refractivity contribution is 4.92. The molecule has 0 bridgehead atoms. The van der Waals surface area contributed by atoms with E-state index < -0.39 is 37.3 Å². The molecule has 0 amide bonds. The standard InChI is InChI=1S/C16H30O6/c1-10(2)5-4-6-11(3)7-8-21-16-15(20)14(19)13(18)12(9-17)22-16/h5,11-20H,4,6-9H2,1-3H3. The Morgan fingerprint density at radius 2 is 1.82 bits per heavy atom.